The van der Waals surface area contributed by atoms with E-state index in [1.807, 2.05) is 18.5 Å². The molecular formula is C11H16N4OS2. The Hall–Kier alpha value is -0.920. The molecule has 0 aliphatic heterocycles. The van der Waals surface area contributed by atoms with Gasteiger partial charge in [0.2, 0.25) is 0 Å². The highest BCUT2D eigenvalue weighted by Gasteiger charge is 2.06. The van der Waals surface area contributed by atoms with Gasteiger partial charge in [-0.1, -0.05) is 0 Å². The summed E-state index contributed by atoms with van der Waals surface area (Å²) in [5, 5.41) is 11.3. The van der Waals surface area contributed by atoms with Crippen molar-refractivity contribution in [1.29, 1.82) is 0 Å². The number of thioether (sulfide) groups is 1. The Morgan fingerprint density at radius 3 is 2.89 bits per heavy atom. The van der Waals surface area contributed by atoms with Gasteiger partial charge >= 0.3 is 0 Å². The summed E-state index contributed by atoms with van der Waals surface area (Å²) in [5.74, 6) is 3.70. The number of rotatable bonds is 6. The molecule has 5 nitrogen and oxygen atoms in total. The number of ether oxygens (including phenoxy) is 1. The molecule has 0 bridgehead atoms. The third-order valence-electron chi connectivity index (χ3n) is 2.53. The van der Waals surface area contributed by atoms with Crippen molar-refractivity contribution in [2.24, 2.45) is 7.05 Å². The fourth-order valence-electron chi connectivity index (χ4n) is 1.43. The number of aromatic nitrogens is 4. The van der Waals surface area contributed by atoms with Crippen molar-refractivity contribution in [3.8, 4) is 0 Å². The van der Waals surface area contributed by atoms with Gasteiger partial charge in [0.05, 0.1) is 18.1 Å². The fourth-order valence-corrected chi connectivity index (χ4v) is 3.19. The molecule has 0 fully saturated rings. The summed E-state index contributed by atoms with van der Waals surface area (Å²) in [6.07, 6.45) is 0. The van der Waals surface area contributed by atoms with Gasteiger partial charge in [-0.25, -0.2) is 4.98 Å². The maximum absolute atomic E-state index is 5.05. The Labute approximate surface area is 115 Å². The largest absolute Gasteiger partial charge is 0.378 e. The molecular weight excluding hydrogens is 268 g/mol. The molecule has 2 aromatic heterocycles. The first-order valence-electron chi connectivity index (χ1n) is 5.55. The molecule has 0 amide bonds. The molecule has 18 heavy (non-hydrogen) atoms. The van der Waals surface area contributed by atoms with Crippen LogP contribution in [0.4, 0.5) is 0 Å². The maximum Gasteiger partial charge on any atom is 0.142 e. The molecule has 98 valence electrons. The summed E-state index contributed by atoms with van der Waals surface area (Å²) >= 11 is 3.44. The molecule has 0 unspecified atom stereocenters. The van der Waals surface area contributed by atoms with Crippen LogP contribution in [0, 0.1) is 6.92 Å². The standard InChI is InChI=1S/C11H16N4OS2/c1-8-13-14-10(15(8)2)7-17-5-9-6-18-11(12-9)4-16-3/h6H,4-5,7H2,1-3H3. The van der Waals surface area contributed by atoms with E-state index in [9.17, 15) is 0 Å². The van der Waals surface area contributed by atoms with Crippen LogP contribution in [0.1, 0.15) is 22.4 Å². The summed E-state index contributed by atoms with van der Waals surface area (Å²) in [6, 6.07) is 0. The molecule has 0 saturated heterocycles. The van der Waals surface area contributed by atoms with E-state index in [1.165, 1.54) is 0 Å². The predicted octanol–water partition coefficient (Wildman–Crippen LogP) is 2.16. The van der Waals surface area contributed by atoms with Crippen LogP contribution in [0.5, 0.6) is 0 Å². The Morgan fingerprint density at radius 2 is 2.22 bits per heavy atom. The maximum atomic E-state index is 5.05. The minimum atomic E-state index is 0.595. The Balaban J connectivity index is 1.82. The summed E-state index contributed by atoms with van der Waals surface area (Å²) < 4.78 is 7.07. The third-order valence-corrected chi connectivity index (χ3v) is 4.36. The van der Waals surface area contributed by atoms with Gasteiger partial charge in [0.1, 0.15) is 16.7 Å². The van der Waals surface area contributed by atoms with Gasteiger partial charge in [0.25, 0.3) is 0 Å². The van der Waals surface area contributed by atoms with Crippen LogP contribution in [0.25, 0.3) is 0 Å². The van der Waals surface area contributed by atoms with E-state index >= 15 is 0 Å². The number of aryl methyl sites for hydroxylation is 1. The van der Waals surface area contributed by atoms with Crippen LogP contribution in [-0.2, 0) is 29.9 Å². The fraction of sp³-hybridized carbons (Fsp3) is 0.545. The van der Waals surface area contributed by atoms with Crippen LogP contribution in [-0.4, -0.2) is 26.9 Å². The van der Waals surface area contributed by atoms with Crippen molar-refractivity contribution in [1.82, 2.24) is 19.7 Å². The summed E-state index contributed by atoms with van der Waals surface area (Å²) in [7, 11) is 3.68. The second kappa shape index (κ2) is 6.31. The van der Waals surface area contributed by atoms with Gasteiger partial charge in [0.15, 0.2) is 0 Å². The minimum Gasteiger partial charge on any atom is -0.378 e. The third kappa shape index (κ3) is 3.30. The van der Waals surface area contributed by atoms with Crippen LogP contribution in [0.3, 0.4) is 0 Å². The van der Waals surface area contributed by atoms with E-state index in [2.05, 4.69) is 20.6 Å². The zero-order chi connectivity index (χ0) is 13.0. The molecule has 0 spiro atoms. The molecule has 0 radical (unpaired) electrons. The minimum absolute atomic E-state index is 0.595. The first-order valence-corrected chi connectivity index (χ1v) is 7.59. The van der Waals surface area contributed by atoms with Crippen LogP contribution >= 0.6 is 23.1 Å². The van der Waals surface area contributed by atoms with Crippen LogP contribution in [0.2, 0.25) is 0 Å². The molecule has 0 saturated carbocycles. The van der Waals surface area contributed by atoms with Crippen molar-refractivity contribution in [2.75, 3.05) is 7.11 Å². The molecule has 2 heterocycles. The predicted molar refractivity (Wildman–Crippen MR) is 73.6 cm³/mol. The average molecular weight is 284 g/mol. The van der Waals surface area contributed by atoms with Crippen molar-refractivity contribution in [2.45, 2.75) is 25.0 Å². The van der Waals surface area contributed by atoms with Gasteiger partial charge in [-0.05, 0) is 6.92 Å². The van der Waals surface area contributed by atoms with E-state index in [-0.39, 0.29) is 0 Å². The lowest BCUT2D eigenvalue weighted by atomic mass is 10.6. The Bertz CT molecular complexity index is 509. The van der Waals surface area contributed by atoms with Gasteiger partial charge < -0.3 is 9.30 Å². The average Bonchev–Trinajstić information content (AvgIpc) is 2.91. The monoisotopic (exact) mass is 284 g/mol. The zero-order valence-electron chi connectivity index (χ0n) is 10.7. The van der Waals surface area contributed by atoms with Gasteiger partial charge in [-0.3, -0.25) is 0 Å². The first kappa shape index (κ1) is 13.5. The normalized spacial score (nSPS) is 11.1. The Kier molecular flexibility index (Phi) is 4.73. The number of hydrogen-bond donors (Lipinski definition) is 0. The van der Waals surface area contributed by atoms with Crippen LogP contribution in [0.15, 0.2) is 5.38 Å². The molecule has 0 aliphatic rings. The lowest BCUT2D eigenvalue weighted by Crippen LogP contribution is -1.98. The smallest absolute Gasteiger partial charge is 0.142 e. The van der Waals surface area contributed by atoms with Crippen LogP contribution < -0.4 is 0 Å². The summed E-state index contributed by atoms with van der Waals surface area (Å²) in [4.78, 5) is 4.49. The number of hydrogen-bond acceptors (Lipinski definition) is 6. The lowest BCUT2D eigenvalue weighted by molar-refractivity contribution is 0.184. The topological polar surface area (TPSA) is 52.8 Å². The second-order valence-corrected chi connectivity index (χ2v) is 5.81. The van der Waals surface area contributed by atoms with Crippen molar-refractivity contribution in [3.05, 3.63) is 27.7 Å². The zero-order valence-corrected chi connectivity index (χ0v) is 12.3. The lowest BCUT2D eigenvalue weighted by Gasteiger charge is -2.00. The van der Waals surface area contributed by atoms with Crippen molar-refractivity contribution >= 4 is 23.1 Å². The highest BCUT2D eigenvalue weighted by Crippen LogP contribution is 2.19. The molecule has 0 N–H and O–H groups in total. The Morgan fingerprint density at radius 1 is 1.39 bits per heavy atom. The van der Waals surface area contributed by atoms with Crippen molar-refractivity contribution < 1.29 is 4.74 Å². The SMILES string of the molecule is COCc1nc(CSCc2nnc(C)n2C)cs1. The number of methoxy groups -OCH3 is 1. The quantitative estimate of drug-likeness (QED) is 0.813. The van der Waals surface area contributed by atoms with E-state index in [4.69, 9.17) is 4.74 Å². The molecule has 2 aromatic rings. The first-order chi connectivity index (χ1) is 8.70. The van der Waals surface area contributed by atoms with E-state index in [0.29, 0.717) is 6.61 Å². The van der Waals surface area contributed by atoms with E-state index < -0.39 is 0 Å². The van der Waals surface area contributed by atoms with Gasteiger partial charge in [-0.2, -0.15) is 0 Å². The molecule has 7 heteroatoms. The van der Waals surface area contributed by atoms with Gasteiger partial charge in [0, 0.05) is 25.3 Å². The van der Waals surface area contributed by atoms with Crippen molar-refractivity contribution in [3.63, 3.8) is 0 Å². The van der Waals surface area contributed by atoms with E-state index in [1.54, 1.807) is 30.2 Å². The molecule has 0 aliphatic carbocycles. The summed E-state index contributed by atoms with van der Waals surface area (Å²) in [6.45, 7) is 2.55. The highest BCUT2D eigenvalue weighted by molar-refractivity contribution is 7.97. The van der Waals surface area contributed by atoms with Gasteiger partial charge in [-0.15, -0.1) is 33.3 Å². The van der Waals surface area contributed by atoms with E-state index in [0.717, 1.165) is 33.9 Å². The second-order valence-electron chi connectivity index (χ2n) is 3.88. The highest BCUT2D eigenvalue weighted by atomic mass is 32.2. The number of nitrogens with zero attached hydrogens (tertiary/aromatic N) is 4. The molecule has 0 atom stereocenters. The number of thiazole rings is 1. The molecule has 0 aromatic carbocycles. The summed E-state index contributed by atoms with van der Waals surface area (Å²) in [5.41, 5.74) is 1.11. The molecule has 2 rings (SSSR count).